The highest BCUT2D eigenvalue weighted by Crippen LogP contribution is 2.25. The van der Waals surface area contributed by atoms with Gasteiger partial charge in [-0.25, -0.2) is 15.0 Å². The lowest BCUT2D eigenvalue weighted by Gasteiger charge is -2.35. The maximum Gasteiger partial charge on any atom is 0.265 e. The second-order valence-electron chi connectivity index (χ2n) is 6.09. The number of hydrogen-bond donors (Lipinski definition) is 2. The van der Waals surface area contributed by atoms with Gasteiger partial charge in [0, 0.05) is 44.5 Å². The first-order valence-electron chi connectivity index (χ1n) is 8.70. The van der Waals surface area contributed by atoms with E-state index in [0.29, 0.717) is 41.8 Å². The molecule has 1 unspecified atom stereocenters. The average molecular weight is 447 g/mol. The monoisotopic (exact) mass is 446 g/mol. The topological polar surface area (TPSA) is 114 Å². The number of carbonyl (C=O) groups excluding carboxylic acids is 2. The summed E-state index contributed by atoms with van der Waals surface area (Å²) in [6.07, 6.45) is 8.07. The number of amides is 2. The molecule has 1 fully saturated rings. The van der Waals surface area contributed by atoms with E-state index in [4.69, 9.17) is 5.73 Å². The van der Waals surface area contributed by atoms with Gasteiger partial charge in [0.25, 0.3) is 5.91 Å². The zero-order valence-corrected chi connectivity index (χ0v) is 17.7. The number of rotatable bonds is 6. The number of nitrogens with zero attached hydrogens (tertiary/aromatic N) is 4. The minimum atomic E-state index is -0.0771. The Morgan fingerprint density at radius 2 is 1.96 bits per heavy atom. The Morgan fingerprint density at radius 3 is 2.68 bits per heavy atom. The fraction of sp³-hybridized carbons (Fsp3) is 0.471. The average Bonchev–Trinajstić information content (AvgIpc) is 3.17. The number of carbonyl (C=O) groups is 2. The summed E-state index contributed by atoms with van der Waals surface area (Å²) in [5.74, 6) is 0.384. The normalized spacial score (nSPS) is 15.9. The smallest absolute Gasteiger partial charge is 0.265 e. The molecule has 3 heterocycles. The molecular weight excluding hydrogens is 423 g/mol. The van der Waals surface area contributed by atoms with E-state index in [-0.39, 0.29) is 42.7 Å². The highest BCUT2D eigenvalue weighted by atomic mass is 35.5. The molecule has 11 heteroatoms. The SMILES string of the molecule is Cl.Cl.NCCC(=O)NCC1CCCCN1C(=O)c1cnc(-c2ncccn2)s1. The first-order chi connectivity index (χ1) is 12.7. The van der Waals surface area contributed by atoms with Crippen molar-refractivity contribution in [3.05, 3.63) is 29.5 Å². The van der Waals surface area contributed by atoms with Crippen LogP contribution in [-0.2, 0) is 4.79 Å². The van der Waals surface area contributed by atoms with Gasteiger partial charge in [0.1, 0.15) is 4.88 Å². The van der Waals surface area contributed by atoms with Crippen LogP contribution in [-0.4, -0.2) is 57.3 Å². The third kappa shape index (κ3) is 6.10. The van der Waals surface area contributed by atoms with Gasteiger partial charge < -0.3 is 16.0 Å². The molecule has 28 heavy (non-hydrogen) atoms. The zero-order valence-electron chi connectivity index (χ0n) is 15.2. The van der Waals surface area contributed by atoms with E-state index in [2.05, 4.69) is 20.3 Å². The van der Waals surface area contributed by atoms with Gasteiger partial charge in [0.15, 0.2) is 10.8 Å². The number of nitrogens with two attached hydrogens (primary N) is 1. The number of piperidine rings is 1. The van der Waals surface area contributed by atoms with Crippen LogP contribution in [0.25, 0.3) is 10.8 Å². The van der Waals surface area contributed by atoms with E-state index in [1.807, 2.05) is 4.90 Å². The number of hydrogen-bond acceptors (Lipinski definition) is 7. The molecule has 0 bridgehead atoms. The van der Waals surface area contributed by atoms with Crippen LogP contribution < -0.4 is 11.1 Å². The van der Waals surface area contributed by atoms with Gasteiger partial charge in [-0.15, -0.1) is 36.2 Å². The molecule has 1 aliphatic heterocycles. The molecule has 2 aromatic heterocycles. The van der Waals surface area contributed by atoms with E-state index < -0.39 is 0 Å². The second-order valence-corrected chi connectivity index (χ2v) is 7.12. The molecule has 1 atom stereocenters. The third-order valence-corrected chi connectivity index (χ3v) is 5.25. The van der Waals surface area contributed by atoms with Gasteiger partial charge in [-0.2, -0.15) is 0 Å². The molecule has 1 saturated heterocycles. The molecule has 8 nitrogen and oxygen atoms in total. The molecule has 3 rings (SSSR count). The predicted octanol–water partition coefficient (Wildman–Crippen LogP) is 1.90. The lowest BCUT2D eigenvalue weighted by molar-refractivity contribution is -0.121. The summed E-state index contributed by atoms with van der Waals surface area (Å²) in [4.78, 5) is 39.7. The van der Waals surface area contributed by atoms with Gasteiger partial charge in [0.05, 0.1) is 6.20 Å². The lowest BCUT2D eigenvalue weighted by atomic mass is 10.0. The molecule has 0 aromatic carbocycles. The van der Waals surface area contributed by atoms with Gasteiger partial charge in [-0.3, -0.25) is 9.59 Å². The highest BCUT2D eigenvalue weighted by molar-refractivity contribution is 7.16. The number of likely N-dealkylation sites (tertiary alicyclic amines) is 1. The van der Waals surface area contributed by atoms with Crippen molar-refractivity contribution in [1.82, 2.24) is 25.2 Å². The minimum Gasteiger partial charge on any atom is -0.354 e. The van der Waals surface area contributed by atoms with Crippen molar-refractivity contribution in [3.63, 3.8) is 0 Å². The van der Waals surface area contributed by atoms with Crippen molar-refractivity contribution < 1.29 is 9.59 Å². The Balaban J connectivity index is 0.00000196. The van der Waals surface area contributed by atoms with Crippen LogP contribution in [0.1, 0.15) is 35.4 Å². The Morgan fingerprint density at radius 1 is 1.21 bits per heavy atom. The van der Waals surface area contributed by atoms with E-state index in [1.54, 1.807) is 24.7 Å². The van der Waals surface area contributed by atoms with Crippen LogP contribution in [0.4, 0.5) is 0 Å². The molecule has 0 radical (unpaired) electrons. The standard InChI is InChI=1S/C17H22N6O2S.2ClH/c18-6-5-14(24)21-10-12-4-1-2-9-23(12)17(25)13-11-22-16(26-13)15-19-7-3-8-20-15;;/h3,7-8,11-12H,1-2,4-6,9-10,18H2,(H,21,24);2*1H. The molecule has 0 aliphatic carbocycles. The molecular formula is C17H24Cl2N6O2S. The van der Waals surface area contributed by atoms with Gasteiger partial charge in [-0.05, 0) is 25.3 Å². The Kier molecular flexibility index (Phi) is 10.3. The minimum absolute atomic E-state index is 0. The molecule has 2 amide bonds. The van der Waals surface area contributed by atoms with Crippen molar-refractivity contribution in [2.75, 3.05) is 19.6 Å². The van der Waals surface area contributed by atoms with Crippen molar-refractivity contribution >= 4 is 48.0 Å². The van der Waals surface area contributed by atoms with E-state index in [9.17, 15) is 9.59 Å². The van der Waals surface area contributed by atoms with Crippen molar-refractivity contribution in [2.24, 2.45) is 5.73 Å². The van der Waals surface area contributed by atoms with Gasteiger partial charge >= 0.3 is 0 Å². The molecule has 2 aromatic rings. The van der Waals surface area contributed by atoms with Crippen LogP contribution in [0.15, 0.2) is 24.7 Å². The van der Waals surface area contributed by atoms with Crippen LogP contribution in [0.2, 0.25) is 0 Å². The van der Waals surface area contributed by atoms with Crippen molar-refractivity contribution in [2.45, 2.75) is 31.7 Å². The lowest BCUT2D eigenvalue weighted by Crippen LogP contribution is -2.49. The third-order valence-electron chi connectivity index (χ3n) is 4.27. The number of halogens is 2. The molecule has 0 saturated carbocycles. The van der Waals surface area contributed by atoms with Gasteiger partial charge in [0.2, 0.25) is 5.91 Å². The van der Waals surface area contributed by atoms with E-state index in [1.165, 1.54) is 11.3 Å². The summed E-state index contributed by atoms with van der Waals surface area (Å²) in [5, 5.41) is 3.50. The summed E-state index contributed by atoms with van der Waals surface area (Å²) in [7, 11) is 0. The van der Waals surface area contributed by atoms with Gasteiger partial charge in [-0.1, -0.05) is 0 Å². The molecule has 1 aliphatic rings. The summed E-state index contributed by atoms with van der Waals surface area (Å²) < 4.78 is 0. The Labute approximate surface area is 180 Å². The van der Waals surface area contributed by atoms with Crippen LogP contribution in [0, 0.1) is 0 Å². The fourth-order valence-corrected chi connectivity index (χ4v) is 3.78. The molecule has 0 spiro atoms. The zero-order chi connectivity index (χ0) is 18.4. The first kappa shape index (κ1) is 24.2. The fourth-order valence-electron chi connectivity index (χ4n) is 2.96. The number of aromatic nitrogens is 3. The first-order valence-corrected chi connectivity index (χ1v) is 9.51. The van der Waals surface area contributed by atoms with Crippen LogP contribution in [0.5, 0.6) is 0 Å². The highest BCUT2D eigenvalue weighted by Gasteiger charge is 2.29. The quantitative estimate of drug-likeness (QED) is 0.699. The molecule has 154 valence electrons. The van der Waals surface area contributed by atoms with E-state index >= 15 is 0 Å². The maximum atomic E-state index is 12.9. The summed E-state index contributed by atoms with van der Waals surface area (Å²) in [6, 6.07) is 1.73. The number of thiazole rings is 1. The van der Waals surface area contributed by atoms with Crippen molar-refractivity contribution in [3.8, 4) is 10.8 Å². The van der Waals surface area contributed by atoms with Crippen LogP contribution in [0.3, 0.4) is 0 Å². The summed E-state index contributed by atoms with van der Waals surface area (Å²) in [5.41, 5.74) is 5.40. The van der Waals surface area contributed by atoms with Crippen molar-refractivity contribution in [1.29, 1.82) is 0 Å². The Hall–Kier alpha value is -1.81. The molecule has 3 N–H and O–H groups in total. The second kappa shape index (κ2) is 11.9. The predicted molar refractivity (Wildman–Crippen MR) is 113 cm³/mol. The van der Waals surface area contributed by atoms with Crippen LogP contribution >= 0.6 is 36.2 Å². The van der Waals surface area contributed by atoms with E-state index in [0.717, 1.165) is 19.3 Å². The number of nitrogens with one attached hydrogen (secondary N) is 1. The maximum absolute atomic E-state index is 12.9. The summed E-state index contributed by atoms with van der Waals surface area (Å²) in [6.45, 7) is 1.47. The largest absolute Gasteiger partial charge is 0.354 e. The summed E-state index contributed by atoms with van der Waals surface area (Å²) >= 11 is 1.29. The Bertz CT molecular complexity index is 761.